The van der Waals surface area contributed by atoms with Crippen molar-refractivity contribution in [2.75, 3.05) is 0 Å². The van der Waals surface area contributed by atoms with Gasteiger partial charge in [0, 0.05) is 30.5 Å². The molecule has 2 amide bonds. The van der Waals surface area contributed by atoms with Crippen LogP contribution in [0.5, 0.6) is 0 Å². The number of nitro groups is 1. The molecule has 9 heteroatoms. The van der Waals surface area contributed by atoms with Gasteiger partial charge < -0.3 is 5.11 Å². The lowest BCUT2D eigenvalue weighted by Gasteiger charge is -2.10. The van der Waals surface area contributed by atoms with Crippen molar-refractivity contribution in [3.63, 3.8) is 0 Å². The lowest BCUT2D eigenvalue weighted by atomic mass is 10.0. The lowest BCUT2D eigenvalue weighted by Crippen LogP contribution is -2.42. The number of carbonyl (C=O) groups is 3. The van der Waals surface area contributed by atoms with E-state index in [4.69, 9.17) is 5.11 Å². The molecule has 9 nitrogen and oxygen atoms in total. The van der Waals surface area contributed by atoms with E-state index in [9.17, 15) is 24.5 Å². The molecular formula is C13H15N3O6. The van der Waals surface area contributed by atoms with Crippen LogP contribution in [0.4, 0.5) is 5.69 Å². The number of benzene rings is 1. The normalized spacial score (nSPS) is 11.3. The van der Waals surface area contributed by atoms with Crippen LogP contribution in [-0.2, 0) is 9.59 Å². The summed E-state index contributed by atoms with van der Waals surface area (Å²) < 4.78 is 0. The number of hydrogen-bond donors (Lipinski definition) is 3. The number of nitrogens with one attached hydrogen (secondary N) is 2. The summed E-state index contributed by atoms with van der Waals surface area (Å²) in [5, 5.41) is 19.1. The van der Waals surface area contributed by atoms with Gasteiger partial charge in [-0.05, 0) is 18.1 Å². The summed E-state index contributed by atoms with van der Waals surface area (Å²) in [6, 6.07) is 4.86. The third kappa shape index (κ3) is 5.57. The maximum atomic E-state index is 11.7. The van der Waals surface area contributed by atoms with Crippen molar-refractivity contribution >= 4 is 23.5 Å². The first kappa shape index (κ1) is 17.1. The fraction of sp³-hybridized carbons (Fsp3) is 0.308. The highest BCUT2D eigenvalue weighted by Gasteiger charge is 2.14. The van der Waals surface area contributed by atoms with Crippen molar-refractivity contribution in [2.24, 2.45) is 5.92 Å². The number of hydrogen-bond acceptors (Lipinski definition) is 5. The molecule has 0 aliphatic heterocycles. The topological polar surface area (TPSA) is 139 Å². The van der Waals surface area contributed by atoms with Crippen LogP contribution in [-0.4, -0.2) is 27.8 Å². The predicted octanol–water partition coefficient (Wildman–Crippen LogP) is 0.857. The van der Waals surface area contributed by atoms with Gasteiger partial charge in [0.05, 0.1) is 4.92 Å². The molecule has 0 bridgehead atoms. The molecule has 0 aromatic heterocycles. The summed E-state index contributed by atoms with van der Waals surface area (Å²) in [6.45, 7) is 1.60. The average molecular weight is 309 g/mol. The fourth-order valence-electron chi connectivity index (χ4n) is 1.67. The number of non-ortho nitro benzene ring substituents is 1. The van der Waals surface area contributed by atoms with E-state index < -0.39 is 22.7 Å². The molecule has 3 N–H and O–H groups in total. The predicted molar refractivity (Wildman–Crippen MR) is 74.7 cm³/mol. The standard InChI is InChI=1S/C13H15N3O6/c1-8(7-12(18)19)6-11(17)14-15-13(20)9-2-4-10(5-3-9)16(21)22/h2-5,8H,6-7H2,1H3,(H,14,17)(H,15,20)(H,18,19). The average Bonchev–Trinajstić information content (AvgIpc) is 2.43. The number of carboxylic acids is 1. The maximum Gasteiger partial charge on any atom is 0.303 e. The Labute approximate surface area is 125 Å². The molecule has 0 fully saturated rings. The van der Waals surface area contributed by atoms with Gasteiger partial charge in [0.1, 0.15) is 0 Å². The second kappa shape index (κ2) is 7.72. The van der Waals surface area contributed by atoms with Crippen LogP contribution in [0.15, 0.2) is 24.3 Å². The number of hydrazine groups is 1. The summed E-state index contributed by atoms with van der Waals surface area (Å²) in [5.74, 6) is -2.53. The summed E-state index contributed by atoms with van der Waals surface area (Å²) in [7, 11) is 0. The SMILES string of the molecule is CC(CC(=O)O)CC(=O)NNC(=O)c1ccc([N+](=O)[O-])cc1. The van der Waals surface area contributed by atoms with Crippen LogP contribution in [0.2, 0.25) is 0 Å². The number of rotatable bonds is 6. The Bertz CT molecular complexity index is 584. The molecule has 1 aromatic rings. The van der Waals surface area contributed by atoms with Gasteiger partial charge >= 0.3 is 5.97 Å². The highest BCUT2D eigenvalue weighted by molar-refractivity contribution is 5.95. The number of carboxylic acid groups (broad SMARTS) is 1. The Morgan fingerprint density at radius 3 is 2.27 bits per heavy atom. The maximum absolute atomic E-state index is 11.7. The smallest absolute Gasteiger partial charge is 0.303 e. The number of amides is 2. The highest BCUT2D eigenvalue weighted by atomic mass is 16.6. The number of nitro benzene ring substituents is 1. The van der Waals surface area contributed by atoms with E-state index in [1.165, 1.54) is 24.3 Å². The quantitative estimate of drug-likeness (QED) is 0.526. The molecule has 1 unspecified atom stereocenters. The molecule has 1 rings (SSSR count). The first-order valence-corrected chi connectivity index (χ1v) is 6.35. The van der Waals surface area contributed by atoms with Gasteiger partial charge in [-0.2, -0.15) is 0 Å². The van der Waals surface area contributed by atoms with E-state index in [1.54, 1.807) is 6.92 Å². The van der Waals surface area contributed by atoms with Crippen LogP contribution in [0.25, 0.3) is 0 Å². The minimum absolute atomic E-state index is 0.0488. The number of nitrogens with zero attached hydrogens (tertiary/aromatic N) is 1. The lowest BCUT2D eigenvalue weighted by molar-refractivity contribution is -0.384. The highest BCUT2D eigenvalue weighted by Crippen LogP contribution is 2.11. The molecule has 0 saturated heterocycles. The van der Waals surface area contributed by atoms with Crippen molar-refractivity contribution < 1.29 is 24.4 Å². The largest absolute Gasteiger partial charge is 0.481 e. The van der Waals surface area contributed by atoms with E-state index in [-0.39, 0.29) is 30.0 Å². The van der Waals surface area contributed by atoms with Crippen LogP contribution < -0.4 is 10.9 Å². The van der Waals surface area contributed by atoms with Crippen molar-refractivity contribution in [1.29, 1.82) is 0 Å². The van der Waals surface area contributed by atoms with Crippen LogP contribution in [0.1, 0.15) is 30.1 Å². The second-order valence-corrected chi connectivity index (χ2v) is 4.71. The molecule has 1 atom stereocenters. The summed E-state index contributed by atoms with van der Waals surface area (Å²) in [6.07, 6.45) is -0.198. The first-order valence-electron chi connectivity index (χ1n) is 6.35. The molecule has 1 aromatic carbocycles. The Morgan fingerprint density at radius 2 is 1.77 bits per heavy atom. The first-order chi connectivity index (χ1) is 10.3. The van der Waals surface area contributed by atoms with Crippen molar-refractivity contribution in [3.8, 4) is 0 Å². The summed E-state index contributed by atoms with van der Waals surface area (Å²) >= 11 is 0. The van der Waals surface area contributed by atoms with Crippen LogP contribution in [0.3, 0.4) is 0 Å². The Morgan fingerprint density at radius 1 is 1.18 bits per heavy atom. The van der Waals surface area contributed by atoms with Gasteiger partial charge in [0.15, 0.2) is 0 Å². The minimum Gasteiger partial charge on any atom is -0.481 e. The summed E-state index contributed by atoms with van der Waals surface area (Å²) in [5.41, 5.74) is 4.30. The van der Waals surface area contributed by atoms with E-state index in [0.29, 0.717) is 0 Å². The van der Waals surface area contributed by atoms with E-state index in [2.05, 4.69) is 10.9 Å². The molecular weight excluding hydrogens is 294 g/mol. The number of carbonyl (C=O) groups excluding carboxylic acids is 2. The van der Waals surface area contributed by atoms with Gasteiger partial charge in [-0.25, -0.2) is 0 Å². The second-order valence-electron chi connectivity index (χ2n) is 4.71. The zero-order chi connectivity index (χ0) is 16.7. The number of aliphatic carboxylic acids is 1. The van der Waals surface area contributed by atoms with E-state index in [0.717, 1.165) is 0 Å². The third-order valence-electron chi connectivity index (χ3n) is 2.71. The molecule has 22 heavy (non-hydrogen) atoms. The van der Waals surface area contributed by atoms with E-state index in [1.807, 2.05) is 0 Å². The van der Waals surface area contributed by atoms with Crippen LogP contribution in [0, 0.1) is 16.0 Å². The Balaban J connectivity index is 2.46. The summed E-state index contributed by atoms with van der Waals surface area (Å²) in [4.78, 5) is 43.6. The minimum atomic E-state index is -1.00. The van der Waals surface area contributed by atoms with Gasteiger partial charge in [0.2, 0.25) is 5.91 Å². The molecule has 0 heterocycles. The molecule has 0 aliphatic carbocycles. The molecule has 0 saturated carbocycles. The van der Waals surface area contributed by atoms with Crippen molar-refractivity contribution in [2.45, 2.75) is 19.8 Å². The van der Waals surface area contributed by atoms with Crippen molar-refractivity contribution in [1.82, 2.24) is 10.9 Å². The fourth-order valence-corrected chi connectivity index (χ4v) is 1.67. The Kier molecular flexibility index (Phi) is 5.99. The van der Waals surface area contributed by atoms with Gasteiger partial charge in [-0.3, -0.25) is 35.3 Å². The van der Waals surface area contributed by atoms with E-state index >= 15 is 0 Å². The van der Waals surface area contributed by atoms with Gasteiger partial charge in [0.25, 0.3) is 11.6 Å². The third-order valence-corrected chi connectivity index (χ3v) is 2.71. The Hall–Kier alpha value is -2.97. The zero-order valence-corrected chi connectivity index (χ0v) is 11.7. The molecule has 118 valence electrons. The van der Waals surface area contributed by atoms with Gasteiger partial charge in [-0.1, -0.05) is 6.92 Å². The monoisotopic (exact) mass is 309 g/mol. The molecule has 0 spiro atoms. The van der Waals surface area contributed by atoms with Crippen molar-refractivity contribution in [3.05, 3.63) is 39.9 Å². The van der Waals surface area contributed by atoms with Crippen LogP contribution >= 0.6 is 0 Å². The molecule has 0 radical (unpaired) electrons. The molecule has 0 aliphatic rings. The van der Waals surface area contributed by atoms with Gasteiger partial charge in [-0.15, -0.1) is 0 Å². The zero-order valence-electron chi connectivity index (χ0n) is 11.7.